The van der Waals surface area contributed by atoms with E-state index in [1.54, 1.807) is 0 Å². The van der Waals surface area contributed by atoms with Crippen molar-refractivity contribution in [1.29, 1.82) is 0 Å². The molecule has 4 heteroatoms. The van der Waals surface area contributed by atoms with Gasteiger partial charge in [0.1, 0.15) is 0 Å². The van der Waals surface area contributed by atoms with E-state index in [0.717, 1.165) is 11.6 Å². The summed E-state index contributed by atoms with van der Waals surface area (Å²) < 4.78 is 2.35. The molecule has 1 N–H and O–H groups in total. The van der Waals surface area contributed by atoms with Crippen molar-refractivity contribution in [2.75, 3.05) is 18.9 Å². The summed E-state index contributed by atoms with van der Waals surface area (Å²) in [5.74, 6) is 1.03. The number of nitrogens with zero attached hydrogens (tertiary/aromatic N) is 3. The second kappa shape index (κ2) is 5.31. The van der Waals surface area contributed by atoms with Crippen molar-refractivity contribution in [2.24, 2.45) is 0 Å². The summed E-state index contributed by atoms with van der Waals surface area (Å²) in [6, 6.07) is 1.66. The average Bonchev–Trinajstić information content (AvgIpc) is 2.62. The van der Waals surface area contributed by atoms with Crippen molar-refractivity contribution in [1.82, 2.24) is 14.5 Å². The van der Waals surface area contributed by atoms with Gasteiger partial charge in [0.2, 0.25) is 5.95 Å². The molecule has 0 saturated carbocycles. The van der Waals surface area contributed by atoms with Crippen LogP contribution in [0.15, 0.2) is 6.20 Å². The summed E-state index contributed by atoms with van der Waals surface area (Å²) in [4.78, 5) is 7.05. The SMILES string of the molecule is Cc1cn(C2CCN(C)C(C)C2)c(NC(C)C)n1. The Morgan fingerprint density at radius 2 is 2.17 bits per heavy atom. The highest BCUT2D eigenvalue weighted by molar-refractivity contribution is 5.30. The van der Waals surface area contributed by atoms with Gasteiger partial charge in [-0.05, 0) is 47.6 Å². The molecular formula is C14H26N4. The first kappa shape index (κ1) is 13.4. The molecule has 0 bridgehead atoms. The zero-order chi connectivity index (χ0) is 13.3. The minimum Gasteiger partial charge on any atom is -0.353 e. The summed E-state index contributed by atoms with van der Waals surface area (Å²) in [5.41, 5.74) is 1.10. The Balaban J connectivity index is 2.17. The van der Waals surface area contributed by atoms with Gasteiger partial charge in [-0.2, -0.15) is 0 Å². The van der Waals surface area contributed by atoms with Crippen LogP contribution in [0.25, 0.3) is 0 Å². The fourth-order valence-electron chi connectivity index (χ4n) is 2.68. The van der Waals surface area contributed by atoms with Crippen molar-refractivity contribution in [3.05, 3.63) is 11.9 Å². The number of rotatable bonds is 3. The average molecular weight is 250 g/mol. The Bertz CT molecular complexity index is 396. The van der Waals surface area contributed by atoms with Crippen LogP contribution in [-0.4, -0.2) is 40.1 Å². The largest absolute Gasteiger partial charge is 0.353 e. The smallest absolute Gasteiger partial charge is 0.203 e. The third-order valence-corrected chi connectivity index (χ3v) is 3.84. The van der Waals surface area contributed by atoms with Crippen LogP contribution in [0, 0.1) is 6.92 Å². The molecular weight excluding hydrogens is 224 g/mol. The lowest BCUT2D eigenvalue weighted by Gasteiger charge is -2.36. The van der Waals surface area contributed by atoms with Crippen LogP contribution in [0.2, 0.25) is 0 Å². The van der Waals surface area contributed by atoms with Gasteiger partial charge in [-0.1, -0.05) is 0 Å². The Kier molecular flexibility index (Phi) is 3.95. The van der Waals surface area contributed by atoms with Crippen LogP contribution in [0.4, 0.5) is 5.95 Å². The molecule has 0 aliphatic carbocycles. The molecule has 102 valence electrons. The summed E-state index contributed by atoms with van der Waals surface area (Å²) in [7, 11) is 2.22. The van der Waals surface area contributed by atoms with Gasteiger partial charge in [0.15, 0.2) is 0 Å². The molecule has 0 aromatic carbocycles. The highest BCUT2D eigenvalue weighted by Gasteiger charge is 2.25. The van der Waals surface area contributed by atoms with Crippen molar-refractivity contribution in [3.8, 4) is 0 Å². The van der Waals surface area contributed by atoms with Crippen LogP contribution in [0.1, 0.15) is 45.3 Å². The lowest BCUT2D eigenvalue weighted by Crippen LogP contribution is -2.38. The van der Waals surface area contributed by atoms with Crippen molar-refractivity contribution in [2.45, 2.75) is 58.7 Å². The zero-order valence-corrected chi connectivity index (χ0v) is 12.3. The molecule has 2 atom stereocenters. The second-order valence-electron chi connectivity index (χ2n) is 5.92. The van der Waals surface area contributed by atoms with Gasteiger partial charge in [0, 0.05) is 30.9 Å². The predicted molar refractivity (Wildman–Crippen MR) is 76.1 cm³/mol. The van der Waals surface area contributed by atoms with E-state index < -0.39 is 0 Å². The van der Waals surface area contributed by atoms with E-state index in [4.69, 9.17) is 0 Å². The number of likely N-dealkylation sites (tertiary alicyclic amines) is 1. The van der Waals surface area contributed by atoms with Gasteiger partial charge >= 0.3 is 0 Å². The van der Waals surface area contributed by atoms with Crippen LogP contribution in [0.3, 0.4) is 0 Å². The second-order valence-corrected chi connectivity index (χ2v) is 5.92. The molecule has 0 amide bonds. The Morgan fingerprint density at radius 3 is 2.78 bits per heavy atom. The van der Waals surface area contributed by atoms with Gasteiger partial charge < -0.3 is 14.8 Å². The van der Waals surface area contributed by atoms with E-state index in [0.29, 0.717) is 18.1 Å². The maximum Gasteiger partial charge on any atom is 0.203 e. The minimum atomic E-state index is 0.425. The van der Waals surface area contributed by atoms with E-state index in [-0.39, 0.29) is 0 Å². The molecule has 2 rings (SSSR count). The fourth-order valence-corrected chi connectivity index (χ4v) is 2.68. The molecule has 2 unspecified atom stereocenters. The molecule has 1 fully saturated rings. The normalized spacial score (nSPS) is 25.7. The number of imidazole rings is 1. The molecule has 1 aliphatic rings. The van der Waals surface area contributed by atoms with Gasteiger partial charge in [0.25, 0.3) is 0 Å². The maximum absolute atomic E-state index is 4.61. The molecule has 1 aliphatic heterocycles. The van der Waals surface area contributed by atoms with Gasteiger partial charge in [-0.25, -0.2) is 4.98 Å². The molecule has 18 heavy (non-hydrogen) atoms. The molecule has 0 radical (unpaired) electrons. The van der Waals surface area contributed by atoms with E-state index in [2.05, 4.69) is 60.7 Å². The van der Waals surface area contributed by atoms with Gasteiger partial charge in [-0.3, -0.25) is 0 Å². The van der Waals surface area contributed by atoms with Crippen molar-refractivity contribution < 1.29 is 0 Å². The van der Waals surface area contributed by atoms with E-state index in [9.17, 15) is 0 Å². The van der Waals surface area contributed by atoms with E-state index in [1.165, 1.54) is 19.4 Å². The first-order chi connectivity index (χ1) is 8.47. The summed E-state index contributed by atoms with van der Waals surface area (Å²) in [6.45, 7) is 9.87. The Labute approximate surface area is 110 Å². The number of hydrogen-bond acceptors (Lipinski definition) is 3. The Morgan fingerprint density at radius 1 is 1.44 bits per heavy atom. The number of aromatic nitrogens is 2. The van der Waals surface area contributed by atoms with Crippen molar-refractivity contribution >= 4 is 5.95 Å². The standard InChI is InChI=1S/C14H26N4/c1-10(2)15-14-16-11(3)9-18(14)13-6-7-17(5)12(4)8-13/h9-10,12-13H,6-8H2,1-5H3,(H,15,16). The monoisotopic (exact) mass is 250 g/mol. The first-order valence-electron chi connectivity index (χ1n) is 6.99. The van der Waals surface area contributed by atoms with E-state index in [1.807, 2.05) is 0 Å². The number of anilines is 1. The molecule has 4 nitrogen and oxygen atoms in total. The number of piperidine rings is 1. The lowest BCUT2D eigenvalue weighted by atomic mass is 9.99. The lowest BCUT2D eigenvalue weighted by molar-refractivity contribution is 0.157. The summed E-state index contributed by atoms with van der Waals surface area (Å²) >= 11 is 0. The van der Waals surface area contributed by atoms with Crippen LogP contribution >= 0.6 is 0 Å². The third-order valence-electron chi connectivity index (χ3n) is 3.84. The maximum atomic E-state index is 4.61. The highest BCUT2D eigenvalue weighted by atomic mass is 15.2. The molecule has 1 aromatic heterocycles. The minimum absolute atomic E-state index is 0.425. The van der Waals surface area contributed by atoms with Crippen molar-refractivity contribution in [3.63, 3.8) is 0 Å². The molecule has 0 spiro atoms. The summed E-state index contributed by atoms with van der Waals surface area (Å²) in [5, 5.41) is 3.46. The van der Waals surface area contributed by atoms with E-state index >= 15 is 0 Å². The fraction of sp³-hybridized carbons (Fsp3) is 0.786. The van der Waals surface area contributed by atoms with Crippen LogP contribution < -0.4 is 5.32 Å². The van der Waals surface area contributed by atoms with Crippen LogP contribution in [-0.2, 0) is 0 Å². The number of nitrogens with one attached hydrogen (secondary N) is 1. The van der Waals surface area contributed by atoms with Gasteiger partial charge in [-0.15, -0.1) is 0 Å². The number of aryl methyl sites for hydroxylation is 1. The zero-order valence-electron chi connectivity index (χ0n) is 12.3. The highest BCUT2D eigenvalue weighted by Crippen LogP contribution is 2.29. The topological polar surface area (TPSA) is 33.1 Å². The molecule has 2 heterocycles. The summed E-state index contributed by atoms with van der Waals surface area (Å²) in [6.07, 6.45) is 4.61. The molecule has 1 aromatic rings. The third kappa shape index (κ3) is 2.86. The number of hydrogen-bond donors (Lipinski definition) is 1. The van der Waals surface area contributed by atoms with Gasteiger partial charge in [0.05, 0.1) is 5.69 Å². The molecule has 1 saturated heterocycles. The quantitative estimate of drug-likeness (QED) is 0.895. The Hall–Kier alpha value is -1.03. The van der Waals surface area contributed by atoms with Crippen LogP contribution in [0.5, 0.6) is 0 Å². The predicted octanol–water partition coefficient (Wildman–Crippen LogP) is 2.67. The first-order valence-corrected chi connectivity index (χ1v) is 6.99.